The Bertz CT molecular complexity index is 296. The SMILES string of the molecule is O=[As](O)(O)OCc1ccccc1.[H-].[H-].[Na+].[Na+]. The first-order valence-electron chi connectivity index (χ1n) is 3.32. The van der Waals surface area contributed by atoms with Gasteiger partial charge in [0.25, 0.3) is 0 Å². The van der Waals surface area contributed by atoms with E-state index in [4.69, 9.17) is 8.19 Å². The largest absolute Gasteiger partial charge is 1.00 e. The smallest absolute Gasteiger partial charge is 1.00 e. The normalized spacial score (nSPS) is 9.86. The summed E-state index contributed by atoms with van der Waals surface area (Å²) in [6, 6.07) is 8.87. The van der Waals surface area contributed by atoms with Crippen LogP contribution in [0.2, 0.25) is 0 Å². The van der Waals surface area contributed by atoms with Crippen molar-refractivity contribution in [1.82, 2.24) is 0 Å². The van der Waals surface area contributed by atoms with Crippen molar-refractivity contribution in [2.75, 3.05) is 0 Å². The van der Waals surface area contributed by atoms with E-state index < -0.39 is 14.5 Å². The van der Waals surface area contributed by atoms with Crippen molar-refractivity contribution < 1.29 is 77.6 Å². The molecule has 0 aliphatic rings. The predicted octanol–water partition coefficient (Wildman–Crippen LogP) is -5.71. The fraction of sp³-hybridized carbons (Fsp3) is 0.143. The second-order valence-corrected chi connectivity index (χ2v) is 4.85. The Labute approximate surface area is 133 Å². The molecular formula is C7H11AsNa2O4. The Hall–Kier alpha value is 1.46. The Kier molecular flexibility index (Phi) is 10.9. The molecule has 4 nitrogen and oxygen atoms in total. The molecule has 0 unspecified atom stereocenters. The summed E-state index contributed by atoms with van der Waals surface area (Å²) in [7, 11) is 0. The van der Waals surface area contributed by atoms with Gasteiger partial charge in [0, 0.05) is 0 Å². The molecule has 1 aromatic carbocycles. The molecule has 2 N–H and O–H groups in total. The van der Waals surface area contributed by atoms with Crippen LogP contribution in [-0.2, 0) is 14.1 Å². The van der Waals surface area contributed by atoms with Crippen LogP contribution in [0.4, 0.5) is 0 Å². The van der Waals surface area contributed by atoms with Crippen LogP contribution in [-0.4, -0.2) is 22.7 Å². The van der Waals surface area contributed by atoms with Crippen molar-refractivity contribution in [2.45, 2.75) is 6.61 Å². The monoisotopic (exact) mass is 280 g/mol. The minimum absolute atomic E-state index is 0. The Morgan fingerprint density at radius 3 is 2.14 bits per heavy atom. The Balaban J connectivity index is -0.000000180. The molecule has 0 amide bonds. The van der Waals surface area contributed by atoms with Gasteiger partial charge in [-0.1, -0.05) is 0 Å². The van der Waals surface area contributed by atoms with Crippen molar-refractivity contribution in [3.05, 3.63) is 35.9 Å². The van der Waals surface area contributed by atoms with Crippen LogP contribution in [0.5, 0.6) is 0 Å². The van der Waals surface area contributed by atoms with Crippen molar-refractivity contribution in [2.24, 2.45) is 0 Å². The molecule has 70 valence electrons. The summed E-state index contributed by atoms with van der Waals surface area (Å²) in [5.74, 6) is 0. The quantitative estimate of drug-likeness (QED) is 0.542. The van der Waals surface area contributed by atoms with Crippen LogP contribution in [0.15, 0.2) is 30.3 Å². The van der Waals surface area contributed by atoms with Gasteiger partial charge in [-0.3, -0.25) is 0 Å². The molecule has 1 aromatic rings. The molecule has 0 atom stereocenters. The van der Waals surface area contributed by atoms with Gasteiger partial charge in [0.15, 0.2) is 0 Å². The second kappa shape index (κ2) is 8.59. The van der Waals surface area contributed by atoms with Crippen LogP contribution >= 0.6 is 0 Å². The Morgan fingerprint density at radius 2 is 1.71 bits per heavy atom. The first kappa shape index (κ1) is 17.8. The van der Waals surface area contributed by atoms with Gasteiger partial charge >= 0.3 is 132 Å². The molecular weight excluding hydrogens is 269 g/mol. The topological polar surface area (TPSA) is 66.8 Å². The fourth-order valence-electron chi connectivity index (χ4n) is 0.733. The van der Waals surface area contributed by atoms with Gasteiger partial charge in [-0.25, -0.2) is 0 Å². The zero-order valence-corrected chi connectivity index (χ0v) is 14.1. The maximum absolute atomic E-state index is 10.3. The molecule has 0 heterocycles. The molecule has 1 rings (SSSR count). The van der Waals surface area contributed by atoms with E-state index in [0.717, 1.165) is 5.56 Å². The van der Waals surface area contributed by atoms with Gasteiger partial charge in [0.2, 0.25) is 0 Å². The average Bonchev–Trinajstić information content (AvgIpc) is 2.02. The molecule has 0 saturated heterocycles. The molecule has 0 spiro atoms. The molecule has 0 fully saturated rings. The standard InChI is InChI=1S/C7H9AsO4.2Na.2H/c9-8(10,11)12-6-7-4-2-1-3-5-7;;;;/h1-5H,6H2,(H2,9,10,11);;;;/q;2*+1;2*-1. The van der Waals surface area contributed by atoms with Gasteiger partial charge < -0.3 is 2.85 Å². The number of hydrogen-bond donors (Lipinski definition) is 2. The average molecular weight is 280 g/mol. The van der Waals surface area contributed by atoms with Crippen LogP contribution in [0.3, 0.4) is 0 Å². The number of rotatable bonds is 3. The minimum atomic E-state index is -4.90. The van der Waals surface area contributed by atoms with Gasteiger partial charge in [-0.15, -0.1) is 0 Å². The van der Waals surface area contributed by atoms with Gasteiger partial charge in [-0.05, 0) is 0 Å². The zero-order valence-electron chi connectivity index (χ0n) is 10.3. The van der Waals surface area contributed by atoms with Gasteiger partial charge in [-0.2, -0.15) is 0 Å². The fourth-order valence-corrected chi connectivity index (χ4v) is 1.40. The van der Waals surface area contributed by atoms with Crippen LogP contribution in [0.25, 0.3) is 0 Å². The van der Waals surface area contributed by atoms with Crippen LogP contribution in [0.1, 0.15) is 8.42 Å². The molecule has 0 aliphatic carbocycles. The number of benzene rings is 1. The first-order chi connectivity index (χ1) is 5.58. The molecule has 0 bridgehead atoms. The van der Waals surface area contributed by atoms with Gasteiger partial charge in [0.1, 0.15) is 0 Å². The third-order valence-corrected chi connectivity index (χ3v) is 2.22. The second-order valence-electron chi connectivity index (χ2n) is 2.25. The summed E-state index contributed by atoms with van der Waals surface area (Å²) in [4.78, 5) is 0. The van der Waals surface area contributed by atoms with E-state index in [1.807, 2.05) is 6.07 Å². The van der Waals surface area contributed by atoms with E-state index in [1.54, 1.807) is 24.3 Å². The van der Waals surface area contributed by atoms with Crippen molar-refractivity contribution in [3.8, 4) is 0 Å². The van der Waals surface area contributed by atoms with E-state index in [0.29, 0.717) is 0 Å². The van der Waals surface area contributed by atoms with Crippen LogP contribution < -0.4 is 59.1 Å². The third kappa shape index (κ3) is 8.74. The Morgan fingerprint density at radius 1 is 1.21 bits per heavy atom. The summed E-state index contributed by atoms with van der Waals surface area (Å²) in [6.07, 6.45) is 0. The van der Waals surface area contributed by atoms with E-state index in [9.17, 15) is 3.74 Å². The number of hydrogen-bond acceptors (Lipinski definition) is 2. The zero-order chi connectivity index (χ0) is 9.03. The van der Waals surface area contributed by atoms with Crippen molar-refractivity contribution >= 4 is 14.5 Å². The summed E-state index contributed by atoms with van der Waals surface area (Å²) < 4.78 is 31.5. The molecule has 7 heteroatoms. The van der Waals surface area contributed by atoms with Crippen molar-refractivity contribution in [1.29, 1.82) is 0 Å². The minimum Gasteiger partial charge on any atom is -1.00 e. The first-order valence-corrected chi connectivity index (χ1v) is 6.53. The maximum Gasteiger partial charge on any atom is 1.00 e. The summed E-state index contributed by atoms with van der Waals surface area (Å²) in [5, 5.41) is 0. The predicted molar refractivity (Wildman–Crippen MR) is 44.3 cm³/mol. The van der Waals surface area contributed by atoms with Crippen LogP contribution in [0, 0.1) is 0 Å². The molecule has 0 radical (unpaired) electrons. The third-order valence-electron chi connectivity index (χ3n) is 1.24. The summed E-state index contributed by atoms with van der Waals surface area (Å²) >= 11 is -4.90. The van der Waals surface area contributed by atoms with E-state index in [2.05, 4.69) is 3.73 Å². The van der Waals surface area contributed by atoms with Gasteiger partial charge in [0.05, 0.1) is 0 Å². The maximum atomic E-state index is 10.3. The van der Waals surface area contributed by atoms with Crippen molar-refractivity contribution in [3.63, 3.8) is 0 Å². The summed E-state index contributed by atoms with van der Waals surface area (Å²) in [6.45, 7) is -0.0374. The summed E-state index contributed by atoms with van der Waals surface area (Å²) in [5.41, 5.74) is 0.752. The molecule has 0 saturated carbocycles. The molecule has 0 aliphatic heterocycles. The van der Waals surface area contributed by atoms with E-state index in [1.165, 1.54) is 0 Å². The van der Waals surface area contributed by atoms with E-state index in [-0.39, 0.29) is 68.6 Å². The van der Waals surface area contributed by atoms with E-state index >= 15 is 0 Å². The molecule has 0 aromatic heterocycles. The molecule has 14 heavy (non-hydrogen) atoms.